The maximum absolute atomic E-state index is 11.2. The molecule has 1 aromatic carbocycles. The van der Waals surface area contributed by atoms with Crippen molar-refractivity contribution in [3.8, 4) is 5.75 Å². The maximum Gasteiger partial charge on any atom is 0.349 e. The number of carboxylic acids is 2. The first-order valence-electron chi connectivity index (χ1n) is 5.66. The summed E-state index contributed by atoms with van der Waals surface area (Å²) in [6, 6.07) is 4.15. The van der Waals surface area contributed by atoms with E-state index in [2.05, 4.69) is 4.74 Å². The molecule has 110 valence electrons. The number of thiophene rings is 1. The Kier molecular flexibility index (Phi) is 4.08. The first kappa shape index (κ1) is 14.8. The molecule has 2 N–H and O–H groups in total. The molecule has 0 saturated heterocycles. The van der Waals surface area contributed by atoms with Crippen LogP contribution in [0.25, 0.3) is 10.1 Å². The van der Waals surface area contributed by atoms with E-state index in [4.69, 9.17) is 14.9 Å². The van der Waals surface area contributed by atoms with Gasteiger partial charge in [-0.15, -0.1) is 11.3 Å². The lowest BCUT2D eigenvalue weighted by Crippen LogP contribution is -2.13. The second-order valence-electron chi connectivity index (χ2n) is 3.95. The highest BCUT2D eigenvalue weighted by Gasteiger charge is 2.21. The molecule has 0 amide bonds. The van der Waals surface area contributed by atoms with Gasteiger partial charge in [0.25, 0.3) is 0 Å². The van der Waals surface area contributed by atoms with Gasteiger partial charge in [0.15, 0.2) is 17.2 Å². The number of benzene rings is 1. The lowest BCUT2D eigenvalue weighted by molar-refractivity contribution is -0.142. The van der Waals surface area contributed by atoms with E-state index in [-0.39, 0.29) is 16.2 Å². The monoisotopic (exact) mass is 310 g/mol. The Morgan fingerprint density at radius 1 is 1.19 bits per heavy atom. The summed E-state index contributed by atoms with van der Waals surface area (Å²) in [6.07, 6.45) is 0. The van der Waals surface area contributed by atoms with Gasteiger partial charge in [-0.2, -0.15) is 0 Å². The van der Waals surface area contributed by atoms with Crippen molar-refractivity contribution in [2.75, 3.05) is 13.7 Å². The number of hydrogen-bond acceptors (Lipinski definition) is 6. The first-order valence-corrected chi connectivity index (χ1v) is 6.48. The number of rotatable bonds is 5. The minimum atomic E-state index is -1.21. The molecule has 0 aliphatic carbocycles. The Labute approximate surface area is 122 Å². The van der Waals surface area contributed by atoms with Gasteiger partial charge in [-0.1, -0.05) is 0 Å². The Morgan fingerprint density at radius 2 is 1.90 bits per heavy atom. The smallest absolute Gasteiger partial charge is 0.349 e. The molecule has 0 unspecified atom stereocenters. The zero-order valence-electron chi connectivity index (χ0n) is 10.8. The average molecular weight is 310 g/mol. The maximum atomic E-state index is 11.2. The van der Waals surface area contributed by atoms with Gasteiger partial charge in [-0.25, -0.2) is 14.4 Å². The van der Waals surface area contributed by atoms with Crippen molar-refractivity contribution < 1.29 is 34.1 Å². The van der Waals surface area contributed by atoms with Crippen LogP contribution >= 0.6 is 11.3 Å². The number of carbonyl (C=O) groups excluding carboxylic acids is 1. The number of fused-ring (bicyclic) bond motifs is 1. The molecule has 0 radical (unpaired) electrons. The summed E-state index contributed by atoms with van der Waals surface area (Å²) in [7, 11) is 1.19. The van der Waals surface area contributed by atoms with Crippen molar-refractivity contribution in [2.24, 2.45) is 0 Å². The van der Waals surface area contributed by atoms with Gasteiger partial charge < -0.3 is 19.7 Å². The Hall–Kier alpha value is -2.61. The van der Waals surface area contributed by atoms with Crippen LogP contribution in [-0.2, 0) is 9.53 Å². The molecule has 2 aromatic rings. The van der Waals surface area contributed by atoms with Gasteiger partial charge in [0, 0.05) is 10.1 Å². The largest absolute Gasteiger partial charge is 0.479 e. The van der Waals surface area contributed by atoms with Gasteiger partial charge in [-0.3, -0.25) is 0 Å². The van der Waals surface area contributed by atoms with Gasteiger partial charge in [0.2, 0.25) is 0 Å². The summed E-state index contributed by atoms with van der Waals surface area (Å²) in [5.41, 5.74) is 0.0419. The number of hydrogen-bond donors (Lipinski definition) is 2. The molecule has 0 spiro atoms. The van der Waals surface area contributed by atoms with Gasteiger partial charge in [0.05, 0.1) is 12.7 Å². The number of esters is 1. The molecule has 8 heteroatoms. The normalized spacial score (nSPS) is 10.3. The van der Waals surface area contributed by atoms with Crippen LogP contribution in [0.2, 0.25) is 0 Å². The minimum absolute atomic E-state index is 0.0323. The van der Waals surface area contributed by atoms with E-state index in [1.807, 2.05) is 0 Å². The molecule has 0 atom stereocenters. The fourth-order valence-electron chi connectivity index (χ4n) is 1.68. The van der Waals surface area contributed by atoms with E-state index >= 15 is 0 Å². The number of aromatic carboxylic acids is 2. The van der Waals surface area contributed by atoms with Crippen LogP contribution in [0.5, 0.6) is 5.75 Å². The fraction of sp³-hybridized carbons (Fsp3) is 0.154. The molecule has 0 bridgehead atoms. The molecule has 1 heterocycles. The highest BCUT2D eigenvalue weighted by Crippen LogP contribution is 2.38. The molecule has 0 saturated carbocycles. The van der Waals surface area contributed by atoms with E-state index in [1.165, 1.54) is 25.3 Å². The molecule has 21 heavy (non-hydrogen) atoms. The predicted octanol–water partition coefficient (Wildman–Crippen LogP) is 1.85. The van der Waals surface area contributed by atoms with Crippen molar-refractivity contribution >= 4 is 39.3 Å². The number of carboxylic acid groups (broad SMARTS) is 2. The first-order chi connectivity index (χ1) is 9.93. The van der Waals surface area contributed by atoms with Gasteiger partial charge in [-0.05, 0) is 18.2 Å². The van der Waals surface area contributed by atoms with Crippen molar-refractivity contribution in [1.29, 1.82) is 0 Å². The molecule has 2 rings (SSSR count). The summed E-state index contributed by atoms with van der Waals surface area (Å²) in [5.74, 6) is -2.94. The topological polar surface area (TPSA) is 110 Å². The summed E-state index contributed by atoms with van der Waals surface area (Å²) >= 11 is 0.883. The van der Waals surface area contributed by atoms with Crippen LogP contribution in [-0.4, -0.2) is 41.8 Å². The SMILES string of the molecule is COC(=O)COc1c(C(=O)O)sc2cc(C(=O)O)ccc12. The van der Waals surface area contributed by atoms with E-state index in [0.717, 1.165) is 11.3 Å². The third-order valence-corrected chi connectivity index (χ3v) is 3.77. The Bertz CT molecular complexity index is 731. The van der Waals surface area contributed by atoms with Gasteiger partial charge in [0.1, 0.15) is 0 Å². The molecule has 0 aliphatic rings. The number of methoxy groups -OCH3 is 1. The molecule has 0 aliphatic heterocycles. The Balaban J connectivity index is 2.50. The third-order valence-electron chi connectivity index (χ3n) is 2.65. The number of ether oxygens (including phenoxy) is 2. The molecular formula is C13H10O7S. The van der Waals surface area contributed by atoms with Crippen LogP contribution in [0, 0.1) is 0 Å². The van der Waals surface area contributed by atoms with Crippen molar-refractivity contribution in [1.82, 2.24) is 0 Å². The van der Waals surface area contributed by atoms with E-state index in [9.17, 15) is 14.4 Å². The number of carbonyl (C=O) groups is 3. The zero-order chi connectivity index (χ0) is 15.6. The van der Waals surface area contributed by atoms with Gasteiger partial charge >= 0.3 is 17.9 Å². The van der Waals surface area contributed by atoms with Crippen LogP contribution in [0.1, 0.15) is 20.0 Å². The summed E-state index contributed by atoms with van der Waals surface area (Å²) < 4.78 is 10.1. The summed E-state index contributed by atoms with van der Waals surface area (Å²) in [4.78, 5) is 33.1. The zero-order valence-corrected chi connectivity index (χ0v) is 11.6. The fourth-order valence-corrected chi connectivity index (χ4v) is 2.71. The van der Waals surface area contributed by atoms with E-state index < -0.39 is 24.5 Å². The average Bonchev–Trinajstić information content (AvgIpc) is 2.82. The van der Waals surface area contributed by atoms with E-state index in [1.54, 1.807) is 0 Å². The second kappa shape index (κ2) is 5.80. The third kappa shape index (κ3) is 2.95. The molecule has 1 aromatic heterocycles. The van der Waals surface area contributed by atoms with Crippen LogP contribution in [0.3, 0.4) is 0 Å². The second-order valence-corrected chi connectivity index (χ2v) is 5.00. The molecule has 0 fully saturated rings. The van der Waals surface area contributed by atoms with Crippen LogP contribution < -0.4 is 4.74 Å². The van der Waals surface area contributed by atoms with Crippen molar-refractivity contribution in [3.05, 3.63) is 28.6 Å². The highest BCUT2D eigenvalue weighted by atomic mass is 32.1. The molecular weight excluding hydrogens is 300 g/mol. The lowest BCUT2D eigenvalue weighted by atomic mass is 10.1. The Morgan fingerprint density at radius 3 is 2.48 bits per heavy atom. The summed E-state index contributed by atoms with van der Waals surface area (Å²) in [5, 5.41) is 18.5. The van der Waals surface area contributed by atoms with E-state index in [0.29, 0.717) is 10.1 Å². The van der Waals surface area contributed by atoms with Crippen LogP contribution in [0.15, 0.2) is 18.2 Å². The van der Waals surface area contributed by atoms with Crippen LogP contribution in [0.4, 0.5) is 0 Å². The standard InChI is InChI=1S/C13H10O7S/c1-19-9(14)5-20-10-7-3-2-6(12(15)16)4-8(7)21-11(10)13(17)18/h2-4H,5H2,1H3,(H,15,16)(H,17,18). The lowest BCUT2D eigenvalue weighted by Gasteiger charge is -2.05. The van der Waals surface area contributed by atoms with Crippen molar-refractivity contribution in [3.63, 3.8) is 0 Å². The van der Waals surface area contributed by atoms with Crippen molar-refractivity contribution in [2.45, 2.75) is 0 Å². The highest BCUT2D eigenvalue weighted by molar-refractivity contribution is 7.21. The predicted molar refractivity (Wildman–Crippen MR) is 73.3 cm³/mol. The minimum Gasteiger partial charge on any atom is -0.479 e. The quantitative estimate of drug-likeness (QED) is 0.811. The molecule has 7 nitrogen and oxygen atoms in total. The summed E-state index contributed by atoms with van der Waals surface area (Å²) in [6.45, 7) is -0.427.